The number of halogens is 1. The number of nitrogens with zero attached hydrogens (tertiary/aromatic N) is 2. The number of anilines is 2. The third kappa shape index (κ3) is 5.59. The zero-order valence-electron chi connectivity index (χ0n) is 17.2. The topological polar surface area (TPSA) is 131 Å². The minimum Gasteiger partial charge on any atom is -0.495 e. The molecule has 11 heteroatoms. The molecule has 0 saturated carbocycles. The molecule has 31 heavy (non-hydrogen) atoms. The molecule has 0 unspecified atom stereocenters. The van der Waals surface area contributed by atoms with E-state index in [1.54, 1.807) is 7.11 Å². The number of methoxy groups -OCH3 is 1. The van der Waals surface area contributed by atoms with Crippen LogP contribution in [-0.2, 0) is 10.0 Å². The third-order valence-electron chi connectivity index (χ3n) is 5.17. The van der Waals surface area contributed by atoms with Gasteiger partial charge in [0.15, 0.2) is 0 Å². The lowest BCUT2D eigenvalue weighted by molar-refractivity contribution is 0.0948. The Morgan fingerprint density at radius 3 is 2.52 bits per heavy atom. The van der Waals surface area contributed by atoms with Crippen LogP contribution in [0.4, 0.5) is 11.4 Å². The van der Waals surface area contributed by atoms with Gasteiger partial charge in [-0.1, -0.05) is 23.7 Å². The molecular formula is C20H26ClN5O4S. The maximum absolute atomic E-state index is 12.5. The molecule has 9 nitrogen and oxygen atoms in total. The van der Waals surface area contributed by atoms with Gasteiger partial charge in [0.2, 0.25) is 10.0 Å². The van der Waals surface area contributed by atoms with Gasteiger partial charge < -0.3 is 20.7 Å². The van der Waals surface area contributed by atoms with Crippen LogP contribution in [0.15, 0.2) is 41.3 Å². The molecule has 168 valence electrons. The summed E-state index contributed by atoms with van der Waals surface area (Å²) < 4.78 is 28.7. The largest absolute Gasteiger partial charge is 0.495 e. The lowest BCUT2D eigenvalue weighted by Gasteiger charge is -2.36. The van der Waals surface area contributed by atoms with Gasteiger partial charge in [-0.25, -0.2) is 13.6 Å². The Morgan fingerprint density at radius 2 is 1.87 bits per heavy atom. The van der Waals surface area contributed by atoms with Crippen LogP contribution in [0.3, 0.4) is 0 Å². The van der Waals surface area contributed by atoms with Gasteiger partial charge in [0.1, 0.15) is 10.6 Å². The van der Waals surface area contributed by atoms with Crippen molar-refractivity contribution in [3.8, 4) is 5.75 Å². The Kier molecular flexibility index (Phi) is 7.26. The predicted molar refractivity (Wildman–Crippen MR) is 121 cm³/mol. The number of nitrogen functional groups attached to an aromatic ring is 1. The summed E-state index contributed by atoms with van der Waals surface area (Å²) in [5, 5.41) is 7.80. The Labute approximate surface area is 186 Å². The van der Waals surface area contributed by atoms with E-state index in [1.165, 1.54) is 6.07 Å². The SMILES string of the molecule is COc1ccccc1N1CCN(CCNC(=O)c2cc(S(N)(=O)=O)c(Cl)cc2N)CC1. The van der Waals surface area contributed by atoms with Crippen LogP contribution >= 0.6 is 11.6 Å². The lowest BCUT2D eigenvalue weighted by atomic mass is 10.1. The first-order valence-corrected chi connectivity index (χ1v) is 11.6. The van der Waals surface area contributed by atoms with Crippen LogP contribution in [0, 0.1) is 0 Å². The number of rotatable bonds is 7. The number of ether oxygens (including phenoxy) is 1. The lowest BCUT2D eigenvalue weighted by Crippen LogP contribution is -2.48. The number of piperazine rings is 1. The van der Waals surface area contributed by atoms with Gasteiger partial charge in [0.05, 0.1) is 23.4 Å². The number of amides is 1. The van der Waals surface area contributed by atoms with E-state index in [4.69, 9.17) is 27.2 Å². The number of primary sulfonamides is 1. The minimum atomic E-state index is -4.07. The second-order valence-corrected chi connectivity index (χ2v) is 9.11. The van der Waals surface area contributed by atoms with Crippen LogP contribution in [0.25, 0.3) is 0 Å². The third-order valence-corrected chi connectivity index (χ3v) is 6.54. The number of nitrogens with two attached hydrogens (primary N) is 2. The van der Waals surface area contributed by atoms with Gasteiger partial charge in [-0.2, -0.15) is 0 Å². The standard InChI is InChI=1S/C20H26ClN5O4S/c1-30-18-5-3-2-4-17(18)26-10-8-25(9-11-26)7-6-24-20(27)14-12-19(31(23,28)29)15(21)13-16(14)22/h2-5,12-13H,6-11,22H2,1H3,(H,24,27)(H2,23,28,29). The number of sulfonamides is 1. The number of nitrogens with one attached hydrogen (secondary N) is 1. The normalized spacial score (nSPS) is 15.0. The fourth-order valence-corrected chi connectivity index (χ4v) is 4.62. The highest BCUT2D eigenvalue weighted by Crippen LogP contribution is 2.28. The van der Waals surface area contributed by atoms with Gasteiger partial charge in [0.25, 0.3) is 5.91 Å². The first-order valence-electron chi connectivity index (χ1n) is 9.71. The second kappa shape index (κ2) is 9.73. The summed E-state index contributed by atoms with van der Waals surface area (Å²) in [6.07, 6.45) is 0. The number of carbonyl (C=O) groups excluding carboxylic acids is 1. The zero-order chi connectivity index (χ0) is 22.6. The quantitative estimate of drug-likeness (QED) is 0.520. The van der Waals surface area contributed by atoms with Crippen molar-refractivity contribution in [3.05, 3.63) is 47.0 Å². The molecule has 1 saturated heterocycles. The van der Waals surface area contributed by atoms with Crippen molar-refractivity contribution in [1.29, 1.82) is 0 Å². The van der Waals surface area contributed by atoms with Gasteiger partial charge in [-0.3, -0.25) is 9.69 Å². The molecule has 0 aromatic heterocycles. The summed E-state index contributed by atoms with van der Waals surface area (Å²) in [6, 6.07) is 10.2. The summed E-state index contributed by atoms with van der Waals surface area (Å²) in [7, 11) is -2.40. The first kappa shape index (κ1) is 23.1. The van der Waals surface area contributed by atoms with Crippen molar-refractivity contribution < 1.29 is 17.9 Å². The molecule has 0 radical (unpaired) electrons. The maximum Gasteiger partial charge on any atom is 0.253 e. The highest BCUT2D eigenvalue weighted by Gasteiger charge is 2.21. The van der Waals surface area contributed by atoms with Crippen LogP contribution < -0.4 is 25.8 Å². The van der Waals surface area contributed by atoms with E-state index in [0.717, 1.165) is 43.7 Å². The van der Waals surface area contributed by atoms with E-state index in [-0.39, 0.29) is 21.2 Å². The summed E-state index contributed by atoms with van der Waals surface area (Å²) in [5.41, 5.74) is 7.01. The van der Waals surface area contributed by atoms with E-state index in [2.05, 4.69) is 15.1 Å². The number of para-hydroxylation sites is 2. The Balaban J connectivity index is 1.53. The molecule has 1 heterocycles. The molecule has 2 aromatic carbocycles. The fourth-order valence-electron chi connectivity index (χ4n) is 3.51. The number of hydrogen-bond donors (Lipinski definition) is 3. The Bertz CT molecular complexity index is 1060. The average Bonchev–Trinajstić information content (AvgIpc) is 2.73. The minimum absolute atomic E-state index is 0.0226. The molecule has 1 aliphatic heterocycles. The van der Waals surface area contributed by atoms with Gasteiger partial charge in [0, 0.05) is 45.0 Å². The zero-order valence-corrected chi connectivity index (χ0v) is 18.7. The Morgan fingerprint density at radius 1 is 1.19 bits per heavy atom. The molecule has 0 atom stereocenters. The van der Waals surface area contributed by atoms with Crippen LogP contribution in [-0.4, -0.2) is 65.6 Å². The summed E-state index contributed by atoms with van der Waals surface area (Å²) in [5.74, 6) is 0.370. The van der Waals surface area contributed by atoms with Crippen LogP contribution in [0.5, 0.6) is 5.75 Å². The van der Waals surface area contributed by atoms with Crippen molar-refractivity contribution in [1.82, 2.24) is 10.2 Å². The molecule has 2 aromatic rings. The van der Waals surface area contributed by atoms with E-state index in [1.807, 2.05) is 24.3 Å². The summed E-state index contributed by atoms with van der Waals surface area (Å²) in [6.45, 7) is 4.41. The molecular weight excluding hydrogens is 442 g/mol. The highest BCUT2D eigenvalue weighted by molar-refractivity contribution is 7.89. The van der Waals surface area contributed by atoms with Crippen molar-refractivity contribution in [2.75, 3.05) is 57.0 Å². The van der Waals surface area contributed by atoms with E-state index >= 15 is 0 Å². The molecule has 5 N–H and O–H groups in total. The summed E-state index contributed by atoms with van der Waals surface area (Å²) >= 11 is 5.88. The van der Waals surface area contributed by atoms with Gasteiger partial charge in [-0.05, 0) is 24.3 Å². The number of hydrogen-bond acceptors (Lipinski definition) is 7. The maximum atomic E-state index is 12.5. The molecule has 3 rings (SSSR count). The smallest absolute Gasteiger partial charge is 0.253 e. The van der Waals surface area contributed by atoms with Crippen molar-refractivity contribution in [2.45, 2.75) is 4.90 Å². The Hall–Kier alpha value is -2.53. The summed E-state index contributed by atoms with van der Waals surface area (Å²) in [4.78, 5) is 16.7. The average molecular weight is 468 g/mol. The van der Waals surface area contributed by atoms with E-state index in [9.17, 15) is 13.2 Å². The molecule has 1 fully saturated rings. The molecule has 1 amide bonds. The molecule has 0 aliphatic carbocycles. The van der Waals surface area contributed by atoms with Gasteiger partial charge >= 0.3 is 0 Å². The van der Waals surface area contributed by atoms with E-state index < -0.39 is 15.9 Å². The molecule has 0 bridgehead atoms. The second-order valence-electron chi connectivity index (χ2n) is 7.17. The monoisotopic (exact) mass is 467 g/mol. The molecule has 1 aliphatic rings. The highest BCUT2D eigenvalue weighted by atomic mass is 35.5. The fraction of sp³-hybridized carbons (Fsp3) is 0.350. The van der Waals surface area contributed by atoms with Gasteiger partial charge in [-0.15, -0.1) is 0 Å². The van der Waals surface area contributed by atoms with Crippen molar-refractivity contribution in [3.63, 3.8) is 0 Å². The van der Waals surface area contributed by atoms with Crippen LogP contribution in [0.2, 0.25) is 5.02 Å². The first-order chi connectivity index (χ1) is 14.7. The number of benzene rings is 2. The van der Waals surface area contributed by atoms with Crippen molar-refractivity contribution >= 4 is 38.9 Å². The molecule has 0 spiro atoms. The van der Waals surface area contributed by atoms with Crippen molar-refractivity contribution in [2.24, 2.45) is 5.14 Å². The predicted octanol–water partition coefficient (Wildman–Crippen LogP) is 1.13. The van der Waals surface area contributed by atoms with Crippen LogP contribution in [0.1, 0.15) is 10.4 Å². The van der Waals surface area contributed by atoms with E-state index in [0.29, 0.717) is 13.1 Å². The number of carbonyl (C=O) groups is 1.